The summed E-state index contributed by atoms with van der Waals surface area (Å²) in [6.07, 6.45) is 17.7. The van der Waals surface area contributed by atoms with Crippen LogP contribution in [0.1, 0.15) is 124 Å². The second kappa shape index (κ2) is 27.1. The standard InChI is InChI=1S/C46H69N9O6S2/c1-2-22-61-23-21-51-44(60)33-25-31(27-34(56)13-5-3-11-19-49-40(58)17-9-7-15-38-42-36(29-62-38)52-45(47)54-42)24-32(26-33)28-35(57)14-6-4-12-20-50-41(59)18-10-8-16-39-43-37(30-63-39)53-46(48)55-43/h1,24-26,36-39,42-43H,3-23,27-30H2,(H,49,58)(H,50,59)(H,51,60)(H3,47,52,54)(H3,48,53,55). The third-order valence-corrected chi connectivity index (χ3v) is 14.8. The number of fused-ring (bicyclic) bond motifs is 2. The fourth-order valence-corrected chi connectivity index (χ4v) is 11.6. The molecule has 1 aromatic carbocycles. The lowest BCUT2D eigenvalue weighted by Gasteiger charge is -2.14. The number of unbranched alkanes of at least 4 members (excludes halogenated alkanes) is 6. The molecule has 3 amide bonds. The number of guanidine groups is 2. The maximum atomic E-state index is 13.1. The van der Waals surface area contributed by atoms with Crippen LogP contribution in [0.25, 0.3) is 0 Å². The number of ketones is 2. The highest BCUT2D eigenvalue weighted by Gasteiger charge is 2.41. The highest BCUT2D eigenvalue weighted by atomic mass is 32.2. The topological polar surface area (TPSA) is 231 Å². The van der Waals surface area contributed by atoms with E-state index >= 15 is 0 Å². The van der Waals surface area contributed by atoms with Crippen molar-refractivity contribution in [3.8, 4) is 12.3 Å². The molecule has 1 aromatic rings. The van der Waals surface area contributed by atoms with Gasteiger partial charge >= 0.3 is 0 Å². The summed E-state index contributed by atoms with van der Waals surface area (Å²) in [7, 11) is 0. The normalized spacial score (nSPS) is 21.9. The SMILES string of the molecule is C#CCOCCNC(=O)c1cc(CC(=O)CCCCCNC(=O)CCCCC2SCC3NC(N)=NC32)cc(CC(=O)CCCCCNC(=O)CCCCC2SCC3NC(N)=NC32)c1. The highest BCUT2D eigenvalue weighted by Crippen LogP contribution is 2.36. The van der Waals surface area contributed by atoms with Crippen molar-refractivity contribution in [1.29, 1.82) is 0 Å². The molecule has 0 aromatic heterocycles. The Kier molecular flexibility index (Phi) is 21.4. The number of carbonyl (C=O) groups excluding carboxylic acids is 5. The van der Waals surface area contributed by atoms with Crippen LogP contribution < -0.4 is 38.1 Å². The monoisotopic (exact) mass is 907 g/mol. The molecule has 0 spiro atoms. The largest absolute Gasteiger partial charge is 0.370 e. The Morgan fingerprint density at radius 3 is 1.65 bits per heavy atom. The van der Waals surface area contributed by atoms with Gasteiger partial charge in [-0.25, -0.2) is 9.98 Å². The average Bonchev–Trinajstić information content (AvgIpc) is 4.02. The third-order valence-electron chi connectivity index (χ3n) is 11.8. The van der Waals surface area contributed by atoms with Crippen molar-refractivity contribution in [3.63, 3.8) is 0 Å². The van der Waals surface area contributed by atoms with Crippen molar-refractivity contribution in [1.82, 2.24) is 26.6 Å². The van der Waals surface area contributed by atoms with E-state index in [-0.39, 0.29) is 74.0 Å². The molecule has 0 aliphatic carbocycles. The second-order valence-corrected chi connectivity index (χ2v) is 19.6. The number of ether oxygens (including phenoxy) is 1. The molecule has 6 unspecified atom stereocenters. The van der Waals surface area contributed by atoms with Gasteiger partial charge in [-0.3, -0.25) is 24.0 Å². The molecule has 0 saturated carbocycles. The Bertz CT molecular complexity index is 1700. The zero-order chi connectivity index (χ0) is 44.8. The maximum Gasteiger partial charge on any atom is 0.251 e. The Balaban J connectivity index is 0.936. The molecule has 346 valence electrons. The molecule has 2 fully saturated rings. The first-order valence-corrected chi connectivity index (χ1v) is 25.1. The fraction of sp³-hybridized carbons (Fsp3) is 0.674. The van der Waals surface area contributed by atoms with Gasteiger partial charge < -0.3 is 42.8 Å². The molecule has 0 radical (unpaired) electrons. The highest BCUT2D eigenvalue weighted by molar-refractivity contribution is 8.00. The van der Waals surface area contributed by atoms with Crippen molar-refractivity contribution >= 4 is 64.7 Å². The average molecular weight is 908 g/mol. The van der Waals surface area contributed by atoms with Gasteiger partial charge in [0.1, 0.15) is 18.2 Å². The van der Waals surface area contributed by atoms with Crippen LogP contribution >= 0.6 is 23.5 Å². The molecule has 0 bridgehead atoms. The fourth-order valence-electron chi connectivity index (χ4n) is 8.59. The van der Waals surface area contributed by atoms with Crippen LogP contribution in [0.2, 0.25) is 0 Å². The van der Waals surface area contributed by atoms with Crippen molar-refractivity contribution in [2.24, 2.45) is 21.5 Å². The van der Waals surface area contributed by atoms with E-state index in [9.17, 15) is 24.0 Å². The van der Waals surface area contributed by atoms with E-state index in [2.05, 4.69) is 42.5 Å². The molecular formula is C46H69N9O6S2. The first kappa shape index (κ1) is 49.7. The van der Waals surface area contributed by atoms with Gasteiger partial charge in [-0.05, 0) is 74.6 Å². The summed E-state index contributed by atoms with van der Waals surface area (Å²) in [6.45, 7) is 1.86. The number of nitrogens with zero attached hydrogens (tertiary/aromatic N) is 2. The number of nitrogens with two attached hydrogens (primary N) is 2. The minimum absolute atomic E-state index is 0.0568. The van der Waals surface area contributed by atoms with E-state index in [1.807, 2.05) is 29.6 Å². The zero-order valence-electron chi connectivity index (χ0n) is 36.8. The molecule has 4 aliphatic heterocycles. The summed E-state index contributed by atoms with van der Waals surface area (Å²) in [5, 5.41) is 16.2. The second-order valence-electron chi connectivity index (χ2n) is 17.0. The lowest BCUT2D eigenvalue weighted by atomic mass is 9.96. The molecule has 63 heavy (non-hydrogen) atoms. The van der Waals surface area contributed by atoms with E-state index in [1.54, 1.807) is 12.1 Å². The van der Waals surface area contributed by atoms with Crippen LogP contribution in [0.3, 0.4) is 0 Å². The third kappa shape index (κ3) is 17.7. The van der Waals surface area contributed by atoms with Gasteiger partial charge in [-0.15, -0.1) is 6.42 Å². The van der Waals surface area contributed by atoms with Crippen molar-refractivity contribution in [3.05, 3.63) is 34.9 Å². The Morgan fingerprint density at radius 1 is 0.667 bits per heavy atom. The number of aliphatic imine (C=N–C) groups is 2. The number of rotatable bonds is 31. The number of thioether (sulfide) groups is 2. The summed E-state index contributed by atoms with van der Waals surface area (Å²) in [6, 6.07) is 6.48. The summed E-state index contributed by atoms with van der Waals surface area (Å²) in [5.41, 5.74) is 13.4. The number of terminal acetylenes is 1. The van der Waals surface area contributed by atoms with Crippen LogP contribution in [0.4, 0.5) is 0 Å². The smallest absolute Gasteiger partial charge is 0.251 e. The molecule has 9 N–H and O–H groups in total. The van der Waals surface area contributed by atoms with Gasteiger partial charge in [-0.1, -0.05) is 37.7 Å². The van der Waals surface area contributed by atoms with Gasteiger partial charge in [0.05, 0.1) is 30.8 Å². The number of hydrogen-bond acceptors (Lipinski definition) is 14. The number of carbonyl (C=O) groups is 5. The number of amides is 3. The van der Waals surface area contributed by atoms with Gasteiger partial charge in [-0.2, -0.15) is 23.5 Å². The number of hydrogen-bond donors (Lipinski definition) is 7. The van der Waals surface area contributed by atoms with Crippen LogP contribution in [-0.2, 0) is 36.8 Å². The van der Waals surface area contributed by atoms with Crippen LogP contribution in [0.15, 0.2) is 28.2 Å². The van der Waals surface area contributed by atoms with Crippen LogP contribution in [0, 0.1) is 12.3 Å². The lowest BCUT2D eigenvalue weighted by molar-refractivity contribution is -0.122. The van der Waals surface area contributed by atoms with Gasteiger partial charge in [0, 0.05) is 85.7 Å². The minimum atomic E-state index is -0.313. The van der Waals surface area contributed by atoms with E-state index in [0.717, 1.165) is 75.7 Å². The molecule has 5 rings (SSSR count). The van der Waals surface area contributed by atoms with E-state index in [1.165, 1.54) is 0 Å². The van der Waals surface area contributed by atoms with Crippen molar-refractivity contribution < 1.29 is 28.7 Å². The predicted molar refractivity (Wildman–Crippen MR) is 253 cm³/mol. The van der Waals surface area contributed by atoms with E-state index < -0.39 is 0 Å². The summed E-state index contributed by atoms with van der Waals surface area (Å²) < 4.78 is 5.27. The molecular weight excluding hydrogens is 839 g/mol. The molecule has 4 heterocycles. The van der Waals surface area contributed by atoms with Gasteiger partial charge in [0.15, 0.2) is 11.9 Å². The van der Waals surface area contributed by atoms with Gasteiger partial charge in [0.2, 0.25) is 11.8 Å². The number of Topliss-reactive ketones (excluding diaryl/α,β-unsaturated/α-hetero) is 2. The predicted octanol–water partition coefficient (Wildman–Crippen LogP) is 3.30. The number of nitrogens with one attached hydrogen (secondary N) is 5. The van der Waals surface area contributed by atoms with E-state index in [4.69, 9.17) is 22.6 Å². The van der Waals surface area contributed by atoms with Crippen LogP contribution in [-0.4, -0.2) is 120 Å². The summed E-state index contributed by atoms with van der Waals surface area (Å²) in [4.78, 5) is 73.0. The van der Waals surface area contributed by atoms with Crippen molar-refractivity contribution in [2.75, 3.05) is 44.4 Å². The maximum absolute atomic E-state index is 13.1. The zero-order valence-corrected chi connectivity index (χ0v) is 38.4. The molecule has 17 heteroatoms. The molecule has 4 aliphatic rings. The van der Waals surface area contributed by atoms with E-state index in [0.29, 0.717) is 103 Å². The lowest BCUT2D eigenvalue weighted by Crippen LogP contribution is -2.38. The van der Waals surface area contributed by atoms with Gasteiger partial charge in [0.25, 0.3) is 5.91 Å². The molecule has 6 atom stereocenters. The van der Waals surface area contributed by atoms with Crippen molar-refractivity contribution in [2.45, 2.75) is 150 Å². The van der Waals surface area contributed by atoms with Crippen LogP contribution in [0.5, 0.6) is 0 Å². The molecule has 2 saturated heterocycles. The minimum Gasteiger partial charge on any atom is -0.370 e. The summed E-state index contributed by atoms with van der Waals surface area (Å²) in [5.74, 6) is 5.45. The Morgan fingerprint density at radius 2 is 1.16 bits per heavy atom. The Labute approximate surface area is 381 Å². The first-order chi connectivity index (χ1) is 30.6. The molecule has 15 nitrogen and oxygen atoms in total. The quantitative estimate of drug-likeness (QED) is 0.0421. The number of benzene rings is 1. The summed E-state index contributed by atoms with van der Waals surface area (Å²) >= 11 is 3.87. The first-order valence-electron chi connectivity index (χ1n) is 23.0. The Hall–Kier alpha value is -4.27.